The molecule has 0 atom stereocenters. The van der Waals surface area contributed by atoms with Gasteiger partial charge < -0.3 is 4.90 Å². The Hall–Kier alpha value is -2.12. The molecule has 90 valence electrons. The first kappa shape index (κ1) is 11.0. The predicted octanol–water partition coefficient (Wildman–Crippen LogP) is 1.73. The van der Waals surface area contributed by atoms with Gasteiger partial charge in [0, 0.05) is 30.8 Å². The number of benzene rings is 1. The molecular weight excluding hydrogens is 224 g/mol. The largest absolute Gasteiger partial charge is 0.302 e. The molecule has 4 heteroatoms. The molecule has 1 aromatic heterocycles. The number of fused-ring (bicyclic) bond motifs is 1. The monoisotopic (exact) mass is 238 g/mol. The number of hydrogen-bond acceptors (Lipinski definition) is 3. The molecule has 4 nitrogen and oxygen atoms in total. The zero-order chi connectivity index (χ0) is 12.5. The van der Waals surface area contributed by atoms with Gasteiger partial charge >= 0.3 is 0 Å². The van der Waals surface area contributed by atoms with Crippen LogP contribution in [0.3, 0.4) is 0 Å². The zero-order valence-electron chi connectivity index (χ0n) is 10.3. The minimum absolute atomic E-state index is 0.680. The minimum Gasteiger partial charge on any atom is -0.302 e. The van der Waals surface area contributed by atoms with Crippen LogP contribution in [-0.2, 0) is 13.0 Å². The van der Waals surface area contributed by atoms with E-state index in [0.717, 1.165) is 25.2 Å². The maximum absolute atomic E-state index is 8.80. The molecule has 1 aliphatic heterocycles. The Morgan fingerprint density at radius 1 is 1.28 bits per heavy atom. The molecule has 0 N–H and O–H groups in total. The fourth-order valence-electron chi connectivity index (χ4n) is 2.37. The van der Waals surface area contributed by atoms with Crippen LogP contribution in [0.2, 0.25) is 0 Å². The van der Waals surface area contributed by atoms with Crippen molar-refractivity contribution in [3.8, 4) is 11.8 Å². The zero-order valence-corrected chi connectivity index (χ0v) is 10.3. The Bertz CT molecular complexity index is 604. The summed E-state index contributed by atoms with van der Waals surface area (Å²) in [6.45, 7) is 2.03. The third-order valence-corrected chi connectivity index (χ3v) is 3.37. The maximum atomic E-state index is 8.80. The summed E-state index contributed by atoms with van der Waals surface area (Å²) in [5.74, 6) is 0. The Kier molecular flexibility index (Phi) is 2.62. The van der Waals surface area contributed by atoms with Gasteiger partial charge in [0.1, 0.15) is 0 Å². The molecule has 18 heavy (non-hydrogen) atoms. The van der Waals surface area contributed by atoms with Gasteiger partial charge in [0.2, 0.25) is 0 Å². The molecule has 0 bridgehead atoms. The van der Waals surface area contributed by atoms with Crippen molar-refractivity contribution >= 4 is 0 Å². The maximum Gasteiger partial charge on any atom is 0.0991 e. The van der Waals surface area contributed by atoms with Crippen LogP contribution in [0.5, 0.6) is 0 Å². The van der Waals surface area contributed by atoms with Crippen LogP contribution < -0.4 is 0 Å². The third-order valence-electron chi connectivity index (χ3n) is 3.37. The van der Waals surface area contributed by atoms with E-state index >= 15 is 0 Å². The first-order valence-electron chi connectivity index (χ1n) is 6.03. The van der Waals surface area contributed by atoms with Crippen molar-refractivity contribution in [2.45, 2.75) is 13.0 Å². The summed E-state index contributed by atoms with van der Waals surface area (Å²) >= 11 is 0. The normalized spacial score (nSPS) is 15.1. The lowest BCUT2D eigenvalue weighted by Gasteiger charge is -2.22. The summed E-state index contributed by atoms with van der Waals surface area (Å²) in [6, 6.07) is 9.69. The molecule has 0 saturated carbocycles. The molecule has 0 aliphatic carbocycles. The molecule has 1 aliphatic rings. The van der Waals surface area contributed by atoms with Crippen LogP contribution in [0.1, 0.15) is 16.8 Å². The SMILES string of the molecule is CN1CCc2c(cnn2-c2ccc(C#N)cc2)C1. The van der Waals surface area contributed by atoms with Crippen LogP contribution in [-0.4, -0.2) is 28.3 Å². The molecule has 2 heterocycles. The van der Waals surface area contributed by atoms with E-state index in [0.29, 0.717) is 5.56 Å². The minimum atomic E-state index is 0.680. The Morgan fingerprint density at radius 3 is 2.78 bits per heavy atom. The summed E-state index contributed by atoms with van der Waals surface area (Å²) in [4.78, 5) is 2.30. The average molecular weight is 238 g/mol. The van der Waals surface area contributed by atoms with Gasteiger partial charge in [0.05, 0.1) is 23.5 Å². The molecule has 1 aromatic carbocycles. The Balaban J connectivity index is 2.00. The summed E-state index contributed by atoms with van der Waals surface area (Å²) in [5.41, 5.74) is 4.30. The van der Waals surface area contributed by atoms with E-state index in [2.05, 4.69) is 23.1 Å². The molecule has 0 fully saturated rings. The first-order valence-corrected chi connectivity index (χ1v) is 6.03. The summed E-state index contributed by atoms with van der Waals surface area (Å²) < 4.78 is 1.99. The number of likely N-dealkylation sites (N-methyl/N-ethyl adjacent to an activating group) is 1. The smallest absolute Gasteiger partial charge is 0.0991 e. The number of aromatic nitrogens is 2. The van der Waals surface area contributed by atoms with Gasteiger partial charge in [-0.3, -0.25) is 0 Å². The quantitative estimate of drug-likeness (QED) is 0.760. The lowest BCUT2D eigenvalue weighted by Crippen LogP contribution is -2.27. The average Bonchev–Trinajstić information content (AvgIpc) is 2.81. The molecule has 0 spiro atoms. The Labute approximate surface area is 106 Å². The fraction of sp³-hybridized carbons (Fsp3) is 0.286. The highest BCUT2D eigenvalue weighted by atomic mass is 15.3. The van der Waals surface area contributed by atoms with Gasteiger partial charge in [-0.25, -0.2) is 4.68 Å². The van der Waals surface area contributed by atoms with Crippen molar-refractivity contribution < 1.29 is 0 Å². The van der Waals surface area contributed by atoms with E-state index in [-0.39, 0.29) is 0 Å². The van der Waals surface area contributed by atoms with E-state index in [4.69, 9.17) is 5.26 Å². The number of hydrogen-bond donors (Lipinski definition) is 0. The number of rotatable bonds is 1. The van der Waals surface area contributed by atoms with Crippen LogP contribution in [0.25, 0.3) is 5.69 Å². The summed E-state index contributed by atoms with van der Waals surface area (Å²) in [7, 11) is 2.13. The molecular formula is C14H14N4. The van der Waals surface area contributed by atoms with Crippen molar-refractivity contribution in [3.63, 3.8) is 0 Å². The van der Waals surface area contributed by atoms with E-state index in [1.54, 1.807) is 0 Å². The molecule has 0 saturated heterocycles. The van der Waals surface area contributed by atoms with E-state index in [1.165, 1.54) is 11.3 Å². The first-order chi connectivity index (χ1) is 8.78. The van der Waals surface area contributed by atoms with Gasteiger partial charge in [-0.05, 0) is 31.3 Å². The van der Waals surface area contributed by atoms with Crippen molar-refractivity contribution in [2.24, 2.45) is 0 Å². The molecule has 0 unspecified atom stereocenters. The number of nitrogens with zero attached hydrogens (tertiary/aromatic N) is 4. The topological polar surface area (TPSA) is 44.9 Å². The molecule has 3 rings (SSSR count). The highest BCUT2D eigenvalue weighted by Gasteiger charge is 2.18. The van der Waals surface area contributed by atoms with E-state index in [9.17, 15) is 0 Å². The number of nitriles is 1. The van der Waals surface area contributed by atoms with Gasteiger partial charge in [-0.15, -0.1) is 0 Å². The van der Waals surface area contributed by atoms with Gasteiger partial charge in [-0.1, -0.05) is 0 Å². The van der Waals surface area contributed by atoms with Gasteiger partial charge in [0.25, 0.3) is 0 Å². The van der Waals surface area contributed by atoms with Gasteiger partial charge in [-0.2, -0.15) is 10.4 Å². The second-order valence-corrected chi connectivity index (χ2v) is 4.67. The van der Waals surface area contributed by atoms with Crippen LogP contribution in [0, 0.1) is 11.3 Å². The van der Waals surface area contributed by atoms with Crippen molar-refractivity contribution in [2.75, 3.05) is 13.6 Å². The Morgan fingerprint density at radius 2 is 2.06 bits per heavy atom. The highest BCUT2D eigenvalue weighted by Crippen LogP contribution is 2.21. The molecule has 2 aromatic rings. The van der Waals surface area contributed by atoms with E-state index < -0.39 is 0 Å². The second kappa shape index (κ2) is 4.28. The fourth-order valence-corrected chi connectivity index (χ4v) is 2.37. The van der Waals surface area contributed by atoms with Crippen LogP contribution in [0.4, 0.5) is 0 Å². The summed E-state index contributed by atoms with van der Waals surface area (Å²) in [5, 5.41) is 13.3. The summed E-state index contributed by atoms with van der Waals surface area (Å²) in [6.07, 6.45) is 2.97. The predicted molar refractivity (Wildman–Crippen MR) is 68.3 cm³/mol. The van der Waals surface area contributed by atoms with Crippen molar-refractivity contribution in [3.05, 3.63) is 47.3 Å². The van der Waals surface area contributed by atoms with Crippen LogP contribution in [0.15, 0.2) is 30.5 Å². The molecule has 0 amide bonds. The standard InChI is InChI=1S/C14H14N4/c1-17-7-6-14-12(10-17)9-16-18(14)13-4-2-11(8-15)3-5-13/h2-5,9H,6-7,10H2,1H3. The lowest BCUT2D eigenvalue weighted by molar-refractivity contribution is 0.310. The third kappa shape index (κ3) is 1.79. The molecule has 0 radical (unpaired) electrons. The second-order valence-electron chi connectivity index (χ2n) is 4.67. The van der Waals surface area contributed by atoms with Gasteiger partial charge in [0.15, 0.2) is 0 Å². The lowest BCUT2D eigenvalue weighted by atomic mass is 10.1. The van der Waals surface area contributed by atoms with Crippen molar-refractivity contribution in [1.29, 1.82) is 5.26 Å². The van der Waals surface area contributed by atoms with E-state index in [1.807, 2.05) is 35.1 Å². The van der Waals surface area contributed by atoms with Crippen molar-refractivity contribution in [1.82, 2.24) is 14.7 Å². The highest BCUT2D eigenvalue weighted by molar-refractivity contribution is 5.41. The van der Waals surface area contributed by atoms with Crippen LogP contribution >= 0.6 is 0 Å².